The number of H-pyrrole nitrogens is 1. The predicted molar refractivity (Wildman–Crippen MR) is 120 cm³/mol. The molecule has 31 heavy (non-hydrogen) atoms. The van der Waals surface area contributed by atoms with E-state index in [0.717, 1.165) is 63.5 Å². The molecule has 0 spiro atoms. The Balaban J connectivity index is 1.44. The highest BCUT2D eigenvalue weighted by atomic mass is 14.9. The summed E-state index contributed by atoms with van der Waals surface area (Å²) < 4.78 is 0. The van der Waals surface area contributed by atoms with E-state index in [4.69, 9.17) is 9.97 Å². The van der Waals surface area contributed by atoms with Crippen LogP contribution in [-0.4, -0.2) is 29.9 Å². The Morgan fingerprint density at radius 3 is 2.71 bits per heavy atom. The molecule has 0 radical (unpaired) electrons. The predicted octanol–water partition coefficient (Wildman–Crippen LogP) is 5.09. The highest BCUT2D eigenvalue weighted by Crippen LogP contribution is 2.49. The Bertz CT molecular complexity index is 1210. The van der Waals surface area contributed by atoms with Crippen LogP contribution in [0.3, 0.4) is 0 Å². The van der Waals surface area contributed by atoms with Gasteiger partial charge in [0.2, 0.25) is 0 Å². The Labute approximate surface area is 181 Å². The summed E-state index contributed by atoms with van der Waals surface area (Å²) in [4.78, 5) is 26.1. The highest BCUT2D eigenvalue weighted by Gasteiger charge is 2.41. The van der Waals surface area contributed by atoms with E-state index in [9.17, 15) is 0 Å². The van der Waals surface area contributed by atoms with Gasteiger partial charge in [-0.15, -0.1) is 0 Å². The maximum atomic E-state index is 5.06. The van der Waals surface area contributed by atoms with Gasteiger partial charge < -0.3 is 4.98 Å². The van der Waals surface area contributed by atoms with Gasteiger partial charge in [0.05, 0.1) is 5.69 Å². The molecule has 3 aliphatic carbocycles. The normalized spacial score (nSPS) is 25.2. The zero-order valence-electron chi connectivity index (χ0n) is 17.7. The smallest absolute Gasteiger partial charge is 0.162 e. The number of nitrogens with zero attached hydrogens (tertiary/aromatic N) is 5. The zero-order valence-corrected chi connectivity index (χ0v) is 17.7. The third-order valence-electron chi connectivity index (χ3n) is 7.62. The van der Waals surface area contributed by atoms with Crippen LogP contribution < -0.4 is 0 Å². The first-order chi connectivity index (χ1) is 15.3. The number of hydrogen-bond acceptors (Lipinski definition) is 5. The second-order valence-electron chi connectivity index (χ2n) is 9.20. The van der Waals surface area contributed by atoms with Crippen molar-refractivity contribution in [3.8, 4) is 22.6 Å². The summed E-state index contributed by atoms with van der Waals surface area (Å²) in [6.45, 7) is 2.46. The second-order valence-corrected chi connectivity index (χ2v) is 9.20. The van der Waals surface area contributed by atoms with E-state index in [0.29, 0.717) is 5.92 Å². The quantitative estimate of drug-likeness (QED) is 0.507. The lowest BCUT2D eigenvalue weighted by Gasteiger charge is -2.47. The number of hydrogen-bond donors (Lipinski definition) is 1. The maximum absolute atomic E-state index is 5.06. The lowest BCUT2D eigenvalue weighted by Crippen LogP contribution is -2.39. The van der Waals surface area contributed by atoms with E-state index in [1.54, 1.807) is 12.5 Å². The third-order valence-corrected chi connectivity index (χ3v) is 7.62. The largest absolute Gasteiger partial charge is 0.345 e. The fourth-order valence-electron chi connectivity index (χ4n) is 5.90. The van der Waals surface area contributed by atoms with E-state index < -0.39 is 0 Å². The molecule has 6 nitrogen and oxygen atoms in total. The Hall–Kier alpha value is -3.15. The summed E-state index contributed by atoms with van der Waals surface area (Å²) in [5.74, 6) is 3.94. The van der Waals surface area contributed by atoms with Crippen molar-refractivity contribution in [2.75, 3.05) is 0 Å². The molecule has 3 aliphatic rings. The summed E-state index contributed by atoms with van der Waals surface area (Å²) in [5, 5.41) is 0.946. The van der Waals surface area contributed by atoms with Gasteiger partial charge in [-0.3, -0.25) is 4.98 Å². The van der Waals surface area contributed by atoms with Gasteiger partial charge in [-0.25, -0.2) is 19.9 Å². The lowest BCUT2D eigenvalue weighted by molar-refractivity contribution is 0.0339. The number of aromatic amines is 1. The first-order valence-corrected chi connectivity index (χ1v) is 11.3. The van der Waals surface area contributed by atoms with Gasteiger partial charge in [-0.1, -0.05) is 6.92 Å². The molecule has 6 heteroatoms. The van der Waals surface area contributed by atoms with Gasteiger partial charge in [0.15, 0.2) is 5.82 Å². The molecule has 156 valence electrons. The number of aromatic nitrogens is 6. The molecule has 4 heterocycles. The van der Waals surface area contributed by atoms with Crippen LogP contribution >= 0.6 is 0 Å². The second kappa shape index (κ2) is 7.52. The van der Waals surface area contributed by atoms with Gasteiger partial charge in [0.1, 0.15) is 12.0 Å². The topological polar surface area (TPSA) is 80.2 Å². The van der Waals surface area contributed by atoms with Crippen LogP contribution in [0.25, 0.3) is 33.7 Å². The minimum absolute atomic E-state index is 0.711. The third kappa shape index (κ3) is 3.30. The molecule has 7 rings (SSSR count). The number of pyridine rings is 1. The van der Waals surface area contributed by atoms with E-state index in [2.05, 4.69) is 39.0 Å². The minimum Gasteiger partial charge on any atom is -0.345 e. The Morgan fingerprint density at radius 2 is 1.90 bits per heavy atom. The molecule has 1 N–H and O–H groups in total. The molecule has 3 saturated carbocycles. The summed E-state index contributed by atoms with van der Waals surface area (Å²) in [6, 6.07) is 6.19. The van der Waals surface area contributed by atoms with Crippen molar-refractivity contribution in [3.63, 3.8) is 0 Å². The first-order valence-electron chi connectivity index (χ1n) is 11.3. The van der Waals surface area contributed by atoms with Crippen molar-refractivity contribution in [1.82, 2.24) is 29.9 Å². The molecule has 3 fully saturated rings. The summed E-state index contributed by atoms with van der Waals surface area (Å²) in [5.41, 5.74) is 4.81. The molecule has 0 amide bonds. The molecule has 0 aliphatic heterocycles. The van der Waals surface area contributed by atoms with Gasteiger partial charge >= 0.3 is 0 Å². The zero-order chi connectivity index (χ0) is 20.8. The average Bonchev–Trinajstić information content (AvgIpc) is 3.26. The van der Waals surface area contributed by atoms with Crippen LogP contribution in [0.4, 0.5) is 0 Å². The number of nitrogens with one attached hydrogen (secondary N) is 1. The van der Waals surface area contributed by atoms with Crippen molar-refractivity contribution >= 4 is 11.0 Å². The summed E-state index contributed by atoms with van der Waals surface area (Å²) in [6.07, 6.45) is 15.6. The molecule has 2 atom stereocenters. The lowest BCUT2D eigenvalue weighted by atomic mass is 9.58. The van der Waals surface area contributed by atoms with Gasteiger partial charge in [0, 0.05) is 47.0 Å². The van der Waals surface area contributed by atoms with Crippen molar-refractivity contribution < 1.29 is 0 Å². The van der Waals surface area contributed by atoms with Gasteiger partial charge in [-0.2, -0.15) is 0 Å². The SMILES string of the molecule is CC1C2CCC(CC2)C1Cc1cc(-c2cccnc2)nc(-c2c[nH]c3ncncc23)n1. The molecule has 4 aromatic rings. The van der Waals surface area contributed by atoms with E-state index in [-0.39, 0.29) is 0 Å². The van der Waals surface area contributed by atoms with Crippen LogP contribution in [0.5, 0.6) is 0 Å². The minimum atomic E-state index is 0.711. The van der Waals surface area contributed by atoms with Crippen molar-refractivity contribution in [3.05, 3.63) is 55.0 Å². The molecule has 0 aromatic carbocycles. The fourth-order valence-corrected chi connectivity index (χ4v) is 5.90. The molecule has 0 saturated heterocycles. The van der Waals surface area contributed by atoms with E-state index in [1.165, 1.54) is 25.7 Å². The standard InChI is InChI=1S/C25H26N6/c1-15-16-4-6-17(7-5-16)20(15)9-19-10-23(18-3-2-8-26-11-18)31-25(30-19)22-13-28-24-21(22)12-27-14-29-24/h2-3,8,10-17,20H,4-7,9H2,1H3,(H,27,28,29). The van der Waals surface area contributed by atoms with Crippen LogP contribution in [-0.2, 0) is 6.42 Å². The van der Waals surface area contributed by atoms with Crippen molar-refractivity contribution in [1.29, 1.82) is 0 Å². The van der Waals surface area contributed by atoms with Crippen LogP contribution in [0, 0.1) is 23.7 Å². The Morgan fingerprint density at radius 1 is 1.03 bits per heavy atom. The summed E-state index contributed by atoms with van der Waals surface area (Å²) in [7, 11) is 0. The molecule has 4 aromatic heterocycles. The fraction of sp³-hybridized carbons (Fsp3) is 0.400. The monoisotopic (exact) mass is 410 g/mol. The molecule has 2 unspecified atom stereocenters. The van der Waals surface area contributed by atoms with Gasteiger partial charge in [-0.05, 0) is 74.0 Å². The molecular weight excluding hydrogens is 384 g/mol. The Kier molecular flexibility index (Phi) is 4.51. The number of fused-ring (bicyclic) bond motifs is 4. The first kappa shape index (κ1) is 18.6. The van der Waals surface area contributed by atoms with Gasteiger partial charge in [0.25, 0.3) is 0 Å². The molecular formula is C25H26N6. The summed E-state index contributed by atoms with van der Waals surface area (Å²) >= 11 is 0. The van der Waals surface area contributed by atoms with Crippen molar-refractivity contribution in [2.45, 2.75) is 39.0 Å². The van der Waals surface area contributed by atoms with Crippen molar-refractivity contribution in [2.24, 2.45) is 23.7 Å². The number of rotatable bonds is 4. The molecule has 2 bridgehead atoms. The van der Waals surface area contributed by atoms with E-state index in [1.807, 2.05) is 24.7 Å². The van der Waals surface area contributed by atoms with Crippen LogP contribution in [0.15, 0.2) is 49.3 Å². The van der Waals surface area contributed by atoms with Crippen LogP contribution in [0.2, 0.25) is 0 Å². The highest BCUT2D eigenvalue weighted by molar-refractivity contribution is 5.91. The van der Waals surface area contributed by atoms with Crippen LogP contribution in [0.1, 0.15) is 38.3 Å². The van der Waals surface area contributed by atoms with E-state index >= 15 is 0 Å². The average molecular weight is 411 g/mol. The maximum Gasteiger partial charge on any atom is 0.162 e.